The number of nitrogens with zero attached hydrogens (tertiary/aromatic N) is 1. The third-order valence-electron chi connectivity index (χ3n) is 1.92. The highest BCUT2D eigenvalue weighted by Gasteiger charge is 2.22. The van der Waals surface area contributed by atoms with Crippen LogP contribution in [0.5, 0.6) is 0 Å². The summed E-state index contributed by atoms with van der Waals surface area (Å²) in [5.41, 5.74) is 0.565. The standard InChI is InChI=1S/C9H9NO3/c11-9(12,13)10-6-5-7-3-1-2-4-8(7)10/h1-6,11-13H. The van der Waals surface area contributed by atoms with Crippen LogP contribution in [0.3, 0.4) is 0 Å². The summed E-state index contributed by atoms with van der Waals surface area (Å²) in [5.74, 6) is 0. The van der Waals surface area contributed by atoms with Crippen LogP contribution in [0, 0.1) is 0 Å². The number of para-hydroxylation sites is 1. The molecule has 4 heteroatoms. The van der Waals surface area contributed by atoms with Crippen molar-refractivity contribution in [2.75, 3.05) is 0 Å². The summed E-state index contributed by atoms with van der Waals surface area (Å²) in [4.78, 5) is 0. The number of hydrogen-bond donors (Lipinski definition) is 3. The summed E-state index contributed by atoms with van der Waals surface area (Å²) in [6.07, 6.45) is -1.42. The number of fused-ring (bicyclic) bond motifs is 1. The van der Waals surface area contributed by atoms with Crippen LogP contribution in [0.15, 0.2) is 36.5 Å². The smallest absolute Gasteiger partial charge is 0.325 e. The zero-order valence-corrected chi connectivity index (χ0v) is 6.75. The van der Waals surface area contributed by atoms with Gasteiger partial charge in [0.25, 0.3) is 0 Å². The molecule has 2 aromatic rings. The number of rotatable bonds is 1. The van der Waals surface area contributed by atoms with E-state index in [1.54, 1.807) is 18.2 Å². The molecular weight excluding hydrogens is 170 g/mol. The minimum absolute atomic E-state index is 0.565. The monoisotopic (exact) mass is 179 g/mol. The molecule has 1 aromatic carbocycles. The van der Waals surface area contributed by atoms with E-state index in [4.69, 9.17) is 15.3 Å². The van der Waals surface area contributed by atoms with Crippen molar-refractivity contribution >= 4 is 10.9 Å². The summed E-state index contributed by atoms with van der Waals surface area (Å²) in [7, 11) is 0. The second-order valence-corrected chi connectivity index (χ2v) is 2.84. The maximum Gasteiger partial charge on any atom is 0.373 e. The van der Waals surface area contributed by atoms with Crippen molar-refractivity contribution in [1.82, 2.24) is 4.57 Å². The van der Waals surface area contributed by atoms with E-state index in [1.165, 1.54) is 6.20 Å². The molecule has 0 spiro atoms. The van der Waals surface area contributed by atoms with Crippen LogP contribution in [0.1, 0.15) is 0 Å². The maximum absolute atomic E-state index is 8.95. The molecule has 0 saturated heterocycles. The molecule has 0 saturated carbocycles. The van der Waals surface area contributed by atoms with E-state index in [0.29, 0.717) is 5.52 Å². The van der Waals surface area contributed by atoms with Crippen molar-refractivity contribution in [3.63, 3.8) is 0 Å². The van der Waals surface area contributed by atoms with Gasteiger partial charge in [-0.2, -0.15) is 0 Å². The van der Waals surface area contributed by atoms with Crippen LogP contribution in [0.25, 0.3) is 10.9 Å². The van der Waals surface area contributed by atoms with Crippen molar-refractivity contribution in [3.8, 4) is 0 Å². The van der Waals surface area contributed by atoms with Crippen molar-refractivity contribution < 1.29 is 15.3 Å². The van der Waals surface area contributed by atoms with E-state index >= 15 is 0 Å². The lowest BCUT2D eigenvalue weighted by Crippen LogP contribution is -2.31. The molecule has 1 heterocycles. The van der Waals surface area contributed by atoms with Gasteiger partial charge >= 0.3 is 6.10 Å². The first-order chi connectivity index (χ1) is 6.09. The fraction of sp³-hybridized carbons (Fsp3) is 0.111. The predicted molar refractivity (Wildman–Crippen MR) is 46.6 cm³/mol. The molecule has 0 atom stereocenters. The second-order valence-electron chi connectivity index (χ2n) is 2.84. The molecule has 0 aliphatic heterocycles. The van der Waals surface area contributed by atoms with E-state index in [-0.39, 0.29) is 0 Å². The number of benzene rings is 1. The van der Waals surface area contributed by atoms with Crippen LogP contribution < -0.4 is 0 Å². The normalized spacial score (nSPS) is 12.2. The average molecular weight is 179 g/mol. The molecule has 0 radical (unpaired) electrons. The van der Waals surface area contributed by atoms with E-state index in [0.717, 1.165) is 9.95 Å². The minimum atomic E-state index is -2.83. The number of hydrogen-bond acceptors (Lipinski definition) is 3. The summed E-state index contributed by atoms with van der Waals surface area (Å²) < 4.78 is 0.975. The van der Waals surface area contributed by atoms with Gasteiger partial charge in [-0.1, -0.05) is 18.2 Å². The Morgan fingerprint density at radius 1 is 1.00 bits per heavy atom. The fourth-order valence-corrected chi connectivity index (χ4v) is 1.34. The lowest BCUT2D eigenvalue weighted by molar-refractivity contribution is -0.373. The Kier molecular flexibility index (Phi) is 1.63. The van der Waals surface area contributed by atoms with E-state index in [9.17, 15) is 0 Å². The topological polar surface area (TPSA) is 65.6 Å². The summed E-state index contributed by atoms with van der Waals surface area (Å²) >= 11 is 0. The maximum atomic E-state index is 8.95. The largest absolute Gasteiger partial charge is 0.373 e. The summed E-state index contributed by atoms with van der Waals surface area (Å²) in [6.45, 7) is 0. The van der Waals surface area contributed by atoms with Gasteiger partial charge < -0.3 is 15.3 Å². The fourth-order valence-electron chi connectivity index (χ4n) is 1.34. The van der Waals surface area contributed by atoms with Gasteiger partial charge in [-0.15, -0.1) is 0 Å². The van der Waals surface area contributed by atoms with Gasteiger partial charge in [0.15, 0.2) is 0 Å². The first-order valence-electron chi connectivity index (χ1n) is 3.83. The van der Waals surface area contributed by atoms with Crippen molar-refractivity contribution in [2.24, 2.45) is 0 Å². The van der Waals surface area contributed by atoms with Gasteiger partial charge in [0.2, 0.25) is 0 Å². The highest BCUT2D eigenvalue weighted by Crippen LogP contribution is 2.19. The quantitative estimate of drug-likeness (QED) is 0.547. The molecule has 0 bridgehead atoms. The highest BCUT2D eigenvalue weighted by atomic mass is 16.7. The molecule has 3 N–H and O–H groups in total. The van der Waals surface area contributed by atoms with Gasteiger partial charge in [-0.05, 0) is 17.5 Å². The predicted octanol–water partition coefficient (Wildman–Crippen LogP) is 0.186. The number of aliphatic hydroxyl groups is 3. The van der Waals surface area contributed by atoms with Gasteiger partial charge in [0.1, 0.15) is 0 Å². The third kappa shape index (κ3) is 1.31. The van der Waals surface area contributed by atoms with Gasteiger partial charge in [0, 0.05) is 6.20 Å². The lowest BCUT2D eigenvalue weighted by Gasteiger charge is -2.16. The molecule has 2 rings (SSSR count). The molecule has 4 nitrogen and oxygen atoms in total. The molecule has 68 valence electrons. The van der Waals surface area contributed by atoms with Gasteiger partial charge in [-0.25, -0.2) is 0 Å². The third-order valence-corrected chi connectivity index (χ3v) is 1.92. The van der Waals surface area contributed by atoms with Crippen LogP contribution in [0.4, 0.5) is 0 Å². The Hall–Kier alpha value is -1.36. The molecule has 0 aliphatic carbocycles. The summed E-state index contributed by atoms with van der Waals surface area (Å²) in [5, 5.41) is 27.7. The Bertz CT molecular complexity index is 428. The SMILES string of the molecule is OC(O)(O)n1ccc2ccccc21. The van der Waals surface area contributed by atoms with Crippen LogP contribution in [0.2, 0.25) is 0 Å². The zero-order valence-electron chi connectivity index (χ0n) is 6.75. The molecule has 1 aromatic heterocycles. The Balaban J connectivity index is 2.72. The molecule has 0 aliphatic rings. The van der Waals surface area contributed by atoms with Gasteiger partial charge in [0.05, 0.1) is 5.52 Å². The Labute approximate surface area is 74.3 Å². The number of aromatic nitrogens is 1. The molecule has 0 unspecified atom stereocenters. The molecule has 13 heavy (non-hydrogen) atoms. The molecule has 0 amide bonds. The van der Waals surface area contributed by atoms with Crippen LogP contribution in [-0.2, 0) is 6.10 Å². The van der Waals surface area contributed by atoms with Crippen molar-refractivity contribution in [3.05, 3.63) is 36.5 Å². The second kappa shape index (κ2) is 2.56. The van der Waals surface area contributed by atoms with Crippen LogP contribution in [-0.4, -0.2) is 19.9 Å². The molecule has 0 fully saturated rings. The van der Waals surface area contributed by atoms with E-state index < -0.39 is 6.10 Å². The molecular formula is C9H9NO3. The highest BCUT2D eigenvalue weighted by molar-refractivity contribution is 5.80. The van der Waals surface area contributed by atoms with Crippen molar-refractivity contribution in [2.45, 2.75) is 6.10 Å². The minimum Gasteiger partial charge on any atom is -0.325 e. The first-order valence-corrected chi connectivity index (χ1v) is 3.83. The average Bonchev–Trinajstić information content (AvgIpc) is 2.45. The van der Waals surface area contributed by atoms with Crippen molar-refractivity contribution in [1.29, 1.82) is 0 Å². The van der Waals surface area contributed by atoms with Crippen LogP contribution >= 0.6 is 0 Å². The zero-order chi connectivity index (χ0) is 9.47. The van der Waals surface area contributed by atoms with E-state index in [1.807, 2.05) is 12.1 Å². The Morgan fingerprint density at radius 2 is 1.69 bits per heavy atom. The first kappa shape index (κ1) is 8.25. The van der Waals surface area contributed by atoms with Gasteiger partial charge in [-0.3, -0.25) is 4.57 Å². The Morgan fingerprint density at radius 3 is 2.38 bits per heavy atom. The van der Waals surface area contributed by atoms with E-state index in [2.05, 4.69) is 0 Å². The lowest BCUT2D eigenvalue weighted by atomic mass is 10.2. The summed E-state index contributed by atoms with van der Waals surface area (Å²) in [6, 6.07) is 8.78.